The third-order valence-electron chi connectivity index (χ3n) is 5.07. The average Bonchev–Trinajstić information content (AvgIpc) is 3.38. The summed E-state index contributed by atoms with van der Waals surface area (Å²) in [7, 11) is 0. The average molecular weight is 429 g/mol. The van der Waals surface area contributed by atoms with Crippen LogP contribution >= 0.6 is 23.4 Å². The lowest BCUT2D eigenvalue weighted by molar-refractivity contribution is -0.180. The zero-order chi connectivity index (χ0) is 20.1. The molecule has 0 saturated carbocycles. The molecule has 1 fully saturated rings. The highest BCUT2D eigenvalue weighted by atomic mass is 35.5. The molecule has 0 spiro atoms. The molecular formula is C23H25ClN2O2S. The van der Waals surface area contributed by atoms with Gasteiger partial charge < -0.3 is 14.0 Å². The molecule has 1 aromatic heterocycles. The van der Waals surface area contributed by atoms with Crippen molar-refractivity contribution in [1.29, 1.82) is 0 Å². The van der Waals surface area contributed by atoms with E-state index in [4.69, 9.17) is 21.1 Å². The van der Waals surface area contributed by atoms with E-state index in [2.05, 4.69) is 36.2 Å². The molecule has 0 radical (unpaired) electrons. The van der Waals surface area contributed by atoms with Gasteiger partial charge in [-0.15, -0.1) is 11.8 Å². The summed E-state index contributed by atoms with van der Waals surface area (Å²) in [4.78, 5) is 5.23. The molecule has 0 aliphatic carbocycles. The second-order valence-electron chi connectivity index (χ2n) is 7.42. The minimum absolute atomic E-state index is 0.0258. The minimum atomic E-state index is -0.642. The minimum Gasteiger partial charge on any atom is -0.345 e. The maximum absolute atomic E-state index is 6.49. The fourth-order valence-corrected chi connectivity index (χ4v) is 4.69. The van der Waals surface area contributed by atoms with Gasteiger partial charge >= 0.3 is 0 Å². The molecule has 3 aromatic rings. The van der Waals surface area contributed by atoms with E-state index in [1.807, 2.05) is 41.4 Å². The molecule has 2 heterocycles. The maximum Gasteiger partial charge on any atom is 0.187 e. The number of rotatable bonds is 8. The quantitative estimate of drug-likeness (QED) is 0.451. The molecule has 1 saturated heterocycles. The molecule has 152 valence electrons. The largest absolute Gasteiger partial charge is 0.345 e. The van der Waals surface area contributed by atoms with Gasteiger partial charge in [0.2, 0.25) is 0 Å². The van der Waals surface area contributed by atoms with Crippen molar-refractivity contribution >= 4 is 23.4 Å². The Hall–Kier alpha value is -1.79. The van der Waals surface area contributed by atoms with E-state index in [-0.39, 0.29) is 6.10 Å². The van der Waals surface area contributed by atoms with Gasteiger partial charge in [-0.05, 0) is 31.0 Å². The van der Waals surface area contributed by atoms with Crippen LogP contribution in [-0.4, -0.2) is 33.8 Å². The summed E-state index contributed by atoms with van der Waals surface area (Å²) in [5.41, 5.74) is 2.56. The molecule has 0 N–H and O–H groups in total. The van der Waals surface area contributed by atoms with Crippen molar-refractivity contribution in [3.63, 3.8) is 0 Å². The van der Waals surface area contributed by atoms with Gasteiger partial charge in [0.15, 0.2) is 5.79 Å². The molecule has 2 atom stereocenters. The Morgan fingerprint density at radius 2 is 2.03 bits per heavy atom. The van der Waals surface area contributed by atoms with Crippen molar-refractivity contribution in [2.45, 2.75) is 43.1 Å². The molecule has 1 aliphatic heterocycles. The van der Waals surface area contributed by atoms with Crippen molar-refractivity contribution < 1.29 is 9.47 Å². The van der Waals surface area contributed by atoms with Crippen molar-refractivity contribution in [2.75, 3.05) is 12.4 Å². The standard InChI is InChI=1S/C23H25ClN2O2S/c1-18-6-8-19(9-7-18)10-11-23(16-26-13-12-25-17-26)27-14-20(28-23)15-29-22-5-3-2-4-21(22)24/h2-9,12-13,17,20H,10-11,14-16H2,1H3. The lowest BCUT2D eigenvalue weighted by Crippen LogP contribution is -2.37. The van der Waals surface area contributed by atoms with Crippen LogP contribution in [0.5, 0.6) is 0 Å². The molecule has 1 aliphatic rings. The van der Waals surface area contributed by atoms with Gasteiger partial charge in [0.1, 0.15) is 0 Å². The number of nitrogens with zero attached hydrogens (tertiary/aromatic N) is 2. The highest BCUT2D eigenvalue weighted by Gasteiger charge is 2.41. The van der Waals surface area contributed by atoms with E-state index in [0.717, 1.165) is 28.5 Å². The number of hydrogen-bond acceptors (Lipinski definition) is 4. The second kappa shape index (κ2) is 9.35. The van der Waals surface area contributed by atoms with Crippen molar-refractivity contribution in [2.24, 2.45) is 0 Å². The Bertz CT molecular complexity index is 917. The van der Waals surface area contributed by atoms with Gasteiger partial charge in [0, 0.05) is 29.5 Å². The van der Waals surface area contributed by atoms with Gasteiger partial charge in [-0.1, -0.05) is 53.6 Å². The fraction of sp³-hybridized carbons (Fsp3) is 0.348. The number of benzene rings is 2. The second-order valence-corrected chi connectivity index (χ2v) is 8.89. The van der Waals surface area contributed by atoms with Crippen LogP contribution in [0.1, 0.15) is 17.5 Å². The zero-order valence-corrected chi connectivity index (χ0v) is 18.0. The van der Waals surface area contributed by atoms with E-state index in [0.29, 0.717) is 13.2 Å². The molecule has 4 nitrogen and oxygen atoms in total. The lowest BCUT2D eigenvalue weighted by atomic mass is 10.0. The molecule has 0 bridgehead atoms. The molecule has 6 heteroatoms. The summed E-state index contributed by atoms with van der Waals surface area (Å²) in [5, 5.41) is 0.778. The number of thioether (sulfide) groups is 1. The van der Waals surface area contributed by atoms with Gasteiger partial charge in [-0.25, -0.2) is 4.98 Å². The normalized spacial score (nSPS) is 21.5. The summed E-state index contributed by atoms with van der Waals surface area (Å²) in [6.45, 7) is 3.32. The number of ether oxygens (including phenoxy) is 2. The Balaban J connectivity index is 1.41. The van der Waals surface area contributed by atoms with E-state index in [1.165, 1.54) is 11.1 Å². The van der Waals surface area contributed by atoms with Gasteiger partial charge in [-0.2, -0.15) is 0 Å². The van der Waals surface area contributed by atoms with Crippen LogP contribution in [0, 0.1) is 6.92 Å². The Kier molecular flexibility index (Phi) is 6.60. The van der Waals surface area contributed by atoms with Crippen LogP contribution in [0.3, 0.4) is 0 Å². The first-order chi connectivity index (χ1) is 14.1. The third kappa shape index (κ3) is 5.43. The number of hydrogen-bond donors (Lipinski definition) is 0. The highest BCUT2D eigenvalue weighted by molar-refractivity contribution is 7.99. The molecule has 2 aromatic carbocycles. The zero-order valence-electron chi connectivity index (χ0n) is 16.5. The molecule has 29 heavy (non-hydrogen) atoms. The number of aromatic nitrogens is 2. The molecule has 4 rings (SSSR count). The van der Waals surface area contributed by atoms with E-state index < -0.39 is 5.79 Å². The Labute approximate surface area is 181 Å². The number of imidazole rings is 1. The van der Waals surface area contributed by atoms with Crippen molar-refractivity contribution in [1.82, 2.24) is 9.55 Å². The lowest BCUT2D eigenvalue weighted by Gasteiger charge is -2.28. The van der Waals surface area contributed by atoms with Crippen LogP contribution in [0.25, 0.3) is 0 Å². The SMILES string of the molecule is Cc1ccc(CCC2(Cn3ccnc3)OCC(CSc3ccccc3Cl)O2)cc1. The van der Waals surface area contributed by atoms with Gasteiger partial charge in [-0.3, -0.25) is 0 Å². The highest BCUT2D eigenvalue weighted by Crippen LogP contribution is 2.34. The van der Waals surface area contributed by atoms with Crippen LogP contribution < -0.4 is 0 Å². The van der Waals surface area contributed by atoms with E-state index >= 15 is 0 Å². The van der Waals surface area contributed by atoms with E-state index in [9.17, 15) is 0 Å². The summed E-state index contributed by atoms with van der Waals surface area (Å²) >= 11 is 8.00. The Morgan fingerprint density at radius 1 is 1.21 bits per heavy atom. The summed E-state index contributed by atoms with van der Waals surface area (Å²) in [6.07, 6.45) is 7.27. The summed E-state index contributed by atoms with van der Waals surface area (Å²) in [5.74, 6) is 0.164. The number of aryl methyl sites for hydroxylation is 2. The first kappa shape index (κ1) is 20.5. The predicted octanol–water partition coefficient (Wildman–Crippen LogP) is 5.38. The summed E-state index contributed by atoms with van der Waals surface area (Å²) < 4.78 is 14.8. The topological polar surface area (TPSA) is 36.3 Å². The van der Waals surface area contributed by atoms with Crippen molar-refractivity contribution in [3.8, 4) is 0 Å². The van der Waals surface area contributed by atoms with Gasteiger partial charge in [0.25, 0.3) is 0 Å². The van der Waals surface area contributed by atoms with E-state index in [1.54, 1.807) is 18.0 Å². The third-order valence-corrected chi connectivity index (χ3v) is 6.72. The smallest absolute Gasteiger partial charge is 0.187 e. The van der Waals surface area contributed by atoms with Crippen molar-refractivity contribution in [3.05, 3.63) is 83.4 Å². The molecule has 0 amide bonds. The molecule has 2 unspecified atom stereocenters. The molecular weight excluding hydrogens is 404 g/mol. The van der Waals surface area contributed by atoms with Crippen LogP contribution in [0.2, 0.25) is 5.02 Å². The first-order valence-electron chi connectivity index (χ1n) is 9.82. The number of halogens is 1. The summed E-state index contributed by atoms with van der Waals surface area (Å²) in [6, 6.07) is 16.6. The Morgan fingerprint density at radius 3 is 2.79 bits per heavy atom. The fourth-order valence-electron chi connectivity index (χ4n) is 3.48. The first-order valence-corrected chi connectivity index (χ1v) is 11.2. The maximum atomic E-state index is 6.49. The van der Waals surface area contributed by atoms with Crippen LogP contribution in [-0.2, 0) is 22.4 Å². The predicted molar refractivity (Wildman–Crippen MR) is 117 cm³/mol. The van der Waals surface area contributed by atoms with Crippen LogP contribution in [0.4, 0.5) is 0 Å². The van der Waals surface area contributed by atoms with Gasteiger partial charge in [0.05, 0.1) is 30.6 Å². The van der Waals surface area contributed by atoms with Crippen LogP contribution in [0.15, 0.2) is 72.1 Å². The monoisotopic (exact) mass is 428 g/mol.